The number of carbonyl (C=O) groups is 1. The van der Waals surface area contributed by atoms with Gasteiger partial charge in [-0.05, 0) is 24.3 Å². The van der Waals surface area contributed by atoms with Crippen molar-refractivity contribution in [3.05, 3.63) is 42.1 Å². The van der Waals surface area contributed by atoms with Crippen molar-refractivity contribution in [2.24, 2.45) is 0 Å². The minimum absolute atomic E-state index is 0.0544. The number of fused-ring (bicyclic) bond motifs is 2. The Morgan fingerprint density at radius 2 is 1.94 bits per heavy atom. The molecule has 5 nitrogen and oxygen atoms in total. The molecule has 0 unspecified atom stereocenters. The normalized spacial score (nSPS) is 11.8. The first-order valence-electron chi connectivity index (χ1n) is 4.93. The number of hydrogen-bond donors (Lipinski definition) is 1. The van der Waals surface area contributed by atoms with Gasteiger partial charge in [0.15, 0.2) is 17.2 Å². The summed E-state index contributed by atoms with van der Waals surface area (Å²) in [6.45, 7) is 0. The summed E-state index contributed by atoms with van der Waals surface area (Å²) in [4.78, 5) is 15.0. The summed E-state index contributed by atoms with van der Waals surface area (Å²) in [5.41, 5.74) is 0.0544. The molecule has 0 spiro atoms. The standard InChI is InChI=1S/C12H7NO4/c14-12(15)7-3-1-4-8-10(7)17-11-9(16-8)5-2-6-13-11/h1-6H,(H,14,15). The van der Waals surface area contributed by atoms with Gasteiger partial charge in [0, 0.05) is 6.20 Å². The molecule has 1 aliphatic rings. The fourth-order valence-corrected chi connectivity index (χ4v) is 1.62. The molecular weight excluding hydrogens is 222 g/mol. The van der Waals surface area contributed by atoms with Gasteiger partial charge in [-0.2, -0.15) is 0 Å². The zero-order valence-electron chi connectivity index (χ0n) is 8.58. The van der Waals surface area contributed by atoms with Crippen LogP contribution in [0, 0.1) is 0 Å². The second-order valence-electron chi connectivity index (χ2n) is 3.45. The summed E-state index contributed by atoms with van der Waals surface area (Å²) in [6.07, 6.45) is 1.55. The minimum Gasteiger partial charge on any atom is -0.478 e. The average Bonchev–Trinajstić information content (AvgIpc) is 2.35. The Kier molecular flexibility index (Phi) is 1.98. The minimum atomic E-state index is -1.06. The van der Waals surface area contributed by atoms with Crippen molar-refractivity contribution in [1.29, 1.82) is 0 Å². The lowest BCUT2D eigenvalue weighted by molar-refractivity contribution is 0.0693. The topological polar surface area (TPSA) is 68.7 Å². The molecule has 1 aromatic carbocycles. The second-order valence-corrected chi connectivity index (χ2v) is 3.45. The Morgan fingerprint density at radius 3 is 2.76 bits per heavy atom. The van der Waals surface area contributed by atoms with Gasteiger partial charge in [-0.15, -0.1) is 0 Å². The van der Waals surface area contributed by atoms with Crippen LogP contribution in [0.1, 0.15) is 10.4 Å². The number of ether oxygens (including phenoxy) is 2. The van der Waals surface area contributed by atoms with Crippen molar-refractivity contribution in [3.63, 3.8) is 0 Å². The number of carboxylic acid groups (broad SMARTS) is 1. The lowest BCUT2D eigenvalue weighted by Gasteiger charge is -2.20. The van der Waals surface area contributed by atoms with Crippen molar-refractivity contribution in [3.8, 4) is 23.1 Å². The number of hydrogen-bond acceptors (Lipinski definition) is 4. The summed E-state index contributed by atoms with van der Waals surface area (Å²) in [5.74, 6) is 0.248. The van der Waals surface area contributed by atoms with Gasteiger partial charge in [-0.1, -0.05) is 6.07 Å². The Balaban J connectivity index is 2.15. The highest BCUT2D eigenvalue weighted by molar-refractivity contribution is 5.92. The first-order chi connectivity index (χ1) is 8.25. The Labute approximate surface area is 96.3 Å². The first-order valence-corrected chi connectivity index (χ1v) is 4.93. The van der Waals surface area contributed by atoms with E-state index in [-0.39, 0.29) is 17.2 Å². The maximum Gasteiger partial charge on any atom is 0.339 e. The van der Waals surface area contributed by atoms with Crippen LogP contribution in [0.5, 0.6) is 23.1 Å². The van der Waals surface area contributed by atoms with Crippen LogP contribution in [0.15, 0.2) is 36.5 Å². The number of carboxylic acids is 1. The summed E-state index contributed by atoms with van der Waals surface area (Å²) in [6, 6.07) is 8.14. The molecule has 3 rings (SSSR count). The Bertz CT molecular complexity index is 609. The SMILES string of the molecule is O=C(O)c1cccc2c1Oc1ncccc1O2. The molecule has 0 saturated carbocycles. The van der Waals surface area contributed by atoms with Crippen molar-refractivity contribution in [2.45, 2.75) is 0 Å². The van der Waals surface area contributed by atoms with Crippen LogP contribution in [0.4, 0.5) is 0 Å². The predicted octanol–water partition coefficient (Wildman–Crippen LogP) is 2.68. The summed E-state index contributed by atoms with van der Waals surface area (Å²) in [7, 11) is 0. The molecule has 17 heavy (non-hydrogen) atoms. The predicted molar refractivity (Wildman–Crippen MR) is 57.8 cm³/mol. The largest absolute Gasteiger partial charge is 0.478 e. The third-order valence-electron chi connectivity index (χ3n) is 2.36. The molecule has 0 amide bonds. The Morgan fingerprint density at radius 1 is 1.12 bits per heavy atom. The van der Waals surface area contributed by atoms with Crippen LogP contribution in [0.25, 0.3) is 0 Å². The zero-order valence-corrected chi connectivity index (χ0v) is 8.58. The maximum absolute atomic E-state index is 11.0. The number of benzene rings is 1. The zero-order chi connectivity index (χ0) is 11.8. The third-order valence-corrected chi connectivity index (χ3v) is 2.36. The molecule has 5 heteroatoms. The number of nitrogens with zero attached hydrogens (tertiary/aromatic N) is 1. The monoisotopic (exact) mass is 229 g/mol. The molecule has 0 saturated heterocycles. The molecule has 0 fully saturated rings. The van der Waals surface area contributed by atoms with E-state index in [0.717, 1.165) is 0 Å². The number of rotatable bonds is 1. The van der Waals surface area contributed by atoms with E-state index < -0.39 is 5.97 Å². The van der Waals surface area contributed by atoms with Crippen LogP contribution in [-0.2, 0) is 0 Å². The third kappa shape index (κ3) is 1.48. The molecular formula is C12H7NO4. The molecule has 0 aliphatic carbocycles. The molecule has 0 atom stereocenters. The van der Waals surface area contributed by atoms with Gasteiger partial charge in [0.05, 0.1) is 0 Å². The molecule has 2 heterocycles. The number of aromatic carboxylic acids is 1. The highest BCUT2D eigenvalue weighted by Gasteiger charge is 2.24. The van der Waals surface area contributed by atoms with E-state index >= 15 is 0 Å². The van der Waals surface area contributed by atoms with Gasteiger partial charge in [-0.3, -0.25) is 0 Å². The summed E-state index contributed by atoms with van der Waals surface area (Å²) in [5, 5.41) is 9.03. The molecule has 2 aromatic rings. The fourth-order valence-electron chi connectivity index (χ4n) is 1.62. The number of pyridine rings is 1. The smallest absolute Gasteiger partial charge is 0.339 e. The van der Waals surface area contributed by atoms with E-state index in [2.05, 4.69) is 4.98 Å². The van der Waals surface area contributed by atoms with E-state index in [1.54, 1.807) is 30.5 Å². The van der Waals surface area contributed by atoms with Crippen molar-refractivity contribution in [1.82, 2.24) is 4.98 Å². The maximum atomic E-state index is 11.0. The van der Waals surface area contributed by atoms with Crippen molar-refractivity contribution in [2.75, 3.05) is 0 Å². The quantitative estimate of drug-likeness (QED) is 0.694. The average molecular weight is 229 g/mol. The van der Waals surface area contributed by atoms with Crippen LogP contribution in [0.3, 0.4) is 0 Å². The Hall–Kier alpha value is -2.56. The van der Waals surface area contributed by atoms with E-state index in [1.807, 2.05) is 0 Å². The van der Waals surface area contributed by atoms with E-state index in [9.17, 15) is 4.79 Å². The van der Waals surface area contributed by atoms with E-state index in [0.29, 0.717) is 11.5 Å². The fraction of sp³-hybridized carbons (Fsp3) is 0. The lowest BCUT2D eigenvalue weighted by Crippen LogP contribution is -2.06. The molecule has 84 valence electrons. The van der Waals surface area contributed by atoms with Crippen LogP contribution < -0.4 is 9.47 Å². The molecule has 1 aromatic heterocycles. The number of aromatic nitrogens is 1. The van der Waals surface area contributed by atoms with Gasteiger partial charge in [0.25, 0.3) is 5.88 Å². The molecule has 1 aliphatic heterocycles. The van der Waals surface area contributed by atoms with Gasteiger partial charge < -0.3 is 14.6 Å². The molecule has 0 bridgehead atoms. The van der Waals surface area contributed by atoms with E-state index in [4.69, 9.17) is 14.6 Å². The van der Waals surface area contributed by atoms with Gasteiger partial charge in [-0.25, -0.2) is 9.78 Å². The summed E-state index contributed by atoms with van der Waals surface area (Å²) >= 11 is 0. The van der Waals surface area contributed by atoms with E-state index in [1.165, 1.54) is 6.07 Å². The van der Waals surface area contributed by atoms with Gasteiger partial charge in [0.1, 0.15) is 5.56 Å². The number of para-hydroxylation sites is 1. The highest BCUT2D eigenvalue weighted by atomic mass is 16.6. The molecule has 1 N–H and O–H groups in total. The van der Waals surface area contributed by atoms with Crippen LogP contribution in [-0.4, -0.2) is 16.1 Å². The van der Waals surface area contributed by atoms with Gasteiger partial charge in [0.2, 0.25) is 0 Å². The first kappa shape index (κ1) is 9.65. The second kappa shape index (κ2) is 3.48. The van der Waals surface area contributed by atoms with Gasteiger partial charge >= 0.3 is 5.97 Å². The lowest BCUT2D eigenvalue weighted by atomic mass is 10.2. The van der Waals surface area contributed by atoms with Crippen molar-refractivity contribution < 1.29 is 19.4 Å². The summed E-state index contributed by atoms with van der Waals surface area (Å²) < 4.78 is 11.0. The van der Waals surface area contributed by atoms with Crippen molar-refractivity contribution >= 4 is 5.97 Å². The highest BCUT2D eigenvalue weighted by Crippen LogP contribution is 2.45. The van der Waals surface area contributed by atoms with Crippen LogP contribution >= 0.6 is 0 Å². The molecule has 0 radical (unpaired) electrons. The van der Waals surface area contributed by atoms with Crippen LogP contribution in [0.2, 0.25) is 0 Å².